The first kappa shape index (κ1) is 19.2. The largest absolute Gasteiger partial charge is 0.298 e. The lowest BCUT2D eigenvalue weighted by Gasteiger charge is -2.11. The van der Waals surface area contributed by atoms with E-state index in [4.69, 9.17) is 0 Å². The van der Waals surface area contributed by atoms with Gasteiger partial charge in [0, 0.05) is 11.1 Å². The van der Waals surface area contributed by atoms with Crippen molar-refractivity contribution in [1.29, 1.82) is 0 Å². The number of thioether (sulfide) groups is 1. The number of aryl methyl sites for hydroxylation is 1. The summed E-state index contributed by atoms with van der Waals surface area (Å²) in [5.74, 6) is 1.22. The van der Waals surface area contributed by atoms with E-state index in [1.165, 1.54) is 17.3 Å². The lowest BCUT2D eigenvalue weighted by Crippen LogP contribution is -2.07. The summed E-state index contributed by atoms with van der Waals surface area (Å²) in [6, 6.07) is 27.8. The molecule has 0 N–H and O–H groups in total. The highest BCUT2D eigenvalue weighted by molar-refractivity contribution is 7.99. The zero-order valence-electron chi connectivity index (χ0n) is 16.2. The normalized spacial score (nSPS) is 10.8. The standard InChI is InChI=1S/C24H21N3OS/c1-18-9-8-14-21(15-18)23-25-26-24(27(23)16-19-10-4-2-5-11-19)29-17-22(28)20-12-6-3-7-13-20/h2-15H,16-17H2,1H3. The van der Waals surface area contributed by atoms with Crippen LogP contribution in [0.25, 0.3) is 11.4 Å². The predicted molar refractivity (Wildman–Crippen MR) is 117 cm³/mol. The molecule has 29 heavy (non-hydrogen) atoms. The van der Waals surface area contributed by atoms with Crippen LogP contribution < -0.4 is 0 Å². The first-order valence-electron chi connectivity index (χ1n) is 9.46. The van der Waals surface area contributed by atoms with Crippen molar-refractivity contribution in [3.63, 3.8) is 0 Å². The van der Waals surface area contributed by atoms with Gasteiger partial charge in [0.2, 0.25) is 0 Å². The number of nitrogens with zero attached hydrogens (tertiary/aromatic N) is 3. The van der Waals surface area contributed by atoms with Crippen LogP contribution in [0.15, 0.2) is 90.1 Å². The van der Waals surface area contributed by atoms with Gasteiger partial charge >= 0.3 is 0 Å². The van der Waals surface area contributed by atoms with Gasteiger partial charge < -0.3 is 0 Å². The van der Waals surface area contributed by atoms with Gasteiger partial charge in [-0.1, -0.05) is 96.2 Å². The molecule has 5 heteroatoms. The molecule has 3 aromatic carbocycles. The molecule has 1 aromatic heterocycles. The van der Waals surface area contributed by atoms with E-state index in [1.807, 2.05) is 60.7 Å². The summed E-state index contributed by atoms with van der Waals surface area (Å²) >= 11 is 1.43. The number of aromatic nitrogens is 3. The van der Waals surface area contributed by atoms with Crippen molar-refractivity contribution >= 4 is 17.5 Å². The van der Waals surface area contributed by atoms with Gasteiger partial charge in [0.25, 0.3) is 0 Å². The molecule has 4 rings (SSSR count). The van der Waals surface area contributed by atoms with Crippen molar-refractivity contribution in [1.82, 2.24) is 14.8 Å². The number of Topliss-reactive ketones (excluding diaryl/α,β-unsaturated/α-hetero) is 1. The molecule has 0 atom stereocenters. The molecule has 0 aliphatic carbocycles. The minimum atomic E-state index is 0.0852. The minimum Gasteiger partial charge on any atom is -0.298 e. The Balaban J connectivity index is 1.63. The van der Waals surface area contributed by atoms with Crippen LogP contribution in [0.1, 0.15) is 21.5 Å². The van der Waals surface area contributed by atoms with Gasteiger partial charge in [-0.15, -0.1) is 10.2 Å². The summed E-state index contributed by atoms with van der Waals surface area (Å²) in [4.78, 5) is 12.5. The Kier molecular flexibility index (Phi) is 5.86. The number of carbonyl (C=O) groups is 1. The third-order valence-corrected chi connectivity index (χ3v) is 5.57. The van der Waals surface area contributed by atoms with E-state index in [1.54, 1.807) is 0 Å². The fraction of sp³-hybridized carbons (Fsp3) is 0.125. The summed E-state index contributed by atoms with van der Waals surface area (Å²) in [5, 5.41) is 9.61. The van der Waals surface area contributed by atoms with Crippen molar-refractivity contribution in [3.05, 3.63) is 102 Å². The number of rotatable bonds is 7. The van der Waals surface area contributed by atoms with Crippen molar-refractivity contribution in [2.24, 2.45) is 0 Å². The van der Waals surface area contributed by atoms with E-state index in [-0.39, 0.29) is 5.78 Å². The van der Waals surface area contributed by atoms with Gasteiger partial charge in [-0.25, -0.2) is 0 Å². The molecule has 0 fully saturated rings. The molecule has 0 aliphatic rings. The maximum Gasteiger partial charge on any atom is 0.192 e. The molecule has 0 saturated carbocycles. The molecule has 0 saturated heterocycles. The highest BCUT2D eigenvalue weighted by Crippen LogP contribution is 2.26. The molecule has 0 aliphatic heterocycles. The summed E-state index contributed by atoms with van der Waals surface area (Å²) in [7, 11) is 0. The van der Waals surface area contributed by atoms with Crippen LogP contribution in [0, 0.1) is 6.92 Å². The van der Waals surface area contributed by atoms with Crippen molar-refractivity contribution in [3.8, 4) is 11.4 Å². The molecule has 0 unspecified atom stereocenters. The Morgan fingerprint density at radius 2 is 1.62 bits per heavy atom. The fourth-order valence-corrected chi connectivity index (χ4v) is 3.97. The Labute approximate surface area is 174 Å². The third-order valence-electron chi connectivity index (χ3n) is 4.60. The lowest BCUT2D eigenvalue weighted by atomic mass is 10.1. The van der Waals surface area contributed by atoms with Gasteiger partial charge in [0.15, 0.2) is 16.8 Å². The molecule has 1 heterocycles. The molecule has 0 amide bonds. The van der Waals surface area contributed by atoms with Crippen molar-refractivity contribution < 1.29 is 4.79 Å². The van der Waals surface area contributed by atoms with Crippen LogP contribution in [0.4, 0.5) is 0 Å². The second-order valence-corrected chi connectivity index (χ2v) is 7.77. The van der Waals surface area contributed by atoms with Crippen LogP contribution in [0.5, 0.6) is 0 Å². The topological polar surface area (TPSA) is 47.8 Å². The van der Waals surface area contributed by atoms with E-state index in [9.17, 15) is 4.79 Å². The van der Waals surface area contributed by atoms with Crippen molar-refractivity contribution in [2.75, 3.05) is 5.75 Å². The second-order valence-electron chi connectivity index (χ2n) is 6.83. The highest BCUT2D eigenvalue weighted by atomic mass is 32.2. The van der Waals surface area contributed by atoms with Crippen LogP contribution in [-0.4, -0.2) is 26.3 Å². The number of benzene rings is 3. The Bertz CT molecular complexity index is 1110. The molecular formula is C24H21N3OS. The average molecular weight is 400 g/mol. The van der Waals surface area contributed by atoms with Gasteiger partial charge in [-0.3, -0.25) is 9.36 Å². The van der Waals surface area contributed by atoms with E-state index in [0.717, 1.165) is 22.1 Å². The van der Waals surface area contributed by atoms with Crippen LogP contribution in [-0.2, 0) is 6.54 Å². The minimum absolute atomic E-state index is 0.0852. The molecule has 0 radical (unpaired) electrons. The van der Waals surface area contributed by atoms with Crippen molar-refractivity contribution in [2.45, 2.75) is 18.6 Å². The molecule has 4 nitrogen and oxygen atoms in total. The van der Waals surface area contributed by atoms with Crippen LogP contribution in [0.2, 0.25) is 0 Å². The third kappa shape index (κ3) is 4.63. The zero-order chi connectivity index (χ0) is 20.1. The SMILES string of the molecule is Cc1cccc(-c2nnc(SCC(=O)c3ccccc3)n2Cc2ccccc2)c1. The Morgan fingerprint density at radius 1 is 0.897 bits per heavy atom. The van der Waals surface area contributed by atoms with E-state index in [2.05, 4.69) is 46.0 Å². The molecule has 144 valence electrons. The number of hydrogen-bond donors (Lipinski definition) is 0. The first-order valence-corrected chi connectivity index (χ1v) is 10.4. The van der Waals surface area contributed by atoms with E-state index >= 15 is 0 Å². The molecular weight excluding hydrogens is 378 g/mol. The molecule has 0 spiro atoms. The summed E-state index contributed by atoms with van der Waals surface area (Å²) in [6.45, 7) is 2.72. The second kappa shape index (κ2) is 8.88. The summed E-state index contributed by atoms with van der Waals surface area (Å²) in [5.41, 5.74) is 4.07. The smallest absolute Gasteiger partial charge is 0.192 e. The fourth-order valence-electron chi connectivity index (χ4n) is 3.14. The van der Waals surface area contributed by atoms with Gasteiger partial charge in [0.1, 0.15) is 0 Å². The summed E-state index contributed by atoms with van der Waals surface area (Å²) < 4.78 is 2.09. The highest BCUT2D eigenvalue weighted by Gasteiger charge is 2.16. The number of carbonyl (C=O) groups excluding carboxylic acids is 1. The molecule has 0 bridgehead atoms. The average Bonchev–Trinajstić information content (AvgIpc) is 3.16. The van der Waals surface area contributed by atoms with Crippen LogP contribution >= 0.6 is 11.8 Å². The number of hydrogen-bond acceptors (Lipinski definition) is 4. The molecule has 4 aromatic rings. The number of ketones is 1. The van der Waals surface area contributed by atoms with Crippen LogP contribution in [0.3, 0.4) is 0 Å². The van der Waals surface area contributed by atoms with E-state index < -0.39 is 0 Å². The predicted octanol–water partition coefficient (Wildman–Crippen LogP) is 5.28. The lowest BCUT2D eigenvalue weighted by molar-refractivity contribution is 0.102. The first-order chi connectivity index (χ1) is 14.2. The van der Waals surface area contributed by atoms with Gasteiger partial charge in [-0.05, 0) is 18.6 Å². The quantitative estimate of drug-likeness (QED) is 0.313. The summed E-state index contributed by atoms with van der Waals surface area (Å²) in [6.07, 6.45) is 0. The monoisotopic (exact) mass is 399 g/mol. The van der Waals surface area contributed by atoms with Gasteiger partial charge in [-0.2, -0.15) is 0 Å². The van der Waals surface area contributed by atoms with Gasteiger partial charge in [0.05, 0.1) is 12.3 Å². The zero-order valence-corrected chi connectivity index (χ0v) is 17.0. The van der Waals surface area contributed by atoms with E-state index in [0.29, 0.717) is 17.9 Å². The maximum atomic E-state index is 12.5. The Hall–Kier alpha value is -3.18. The maximum absolute atomic E-state index is 12.5. The Morgan fingerprint density at radius 3 is 2.34 bits per heavy atom.